The fraction of sp³-hybridized carbons (Fsp3) is 0.0714. The third kappa shape index (κ3) is 1.93. The number of nitrogens with zero attached hydrogens (tertiary/aromatic N) is 1. The highest BCUT2D eigenvalue weighted by molar-refractivity contribution is 9.10. The van der Waals surface area contributed by atoms with Crippen molar-refractivity contribution in [1.82, 2.24) is 9.97 Å². The van der Waals surface area contributed by atoms with Crippen molar-refractivity contribution in [3.05, 3.63) is 51.5 Å². The van der Waals surface area contributed by atoms with Crippen LogP contribution in [0.1, 0.15) is 5.56 Å². The van der Waals surface area contributed by atoms with Crippen LogP contribution in [0.4, 0.5) is 0 Å². The van der Waals surface area contributed by atoms with Crippen LogP contribution < -0.4 is 0 Å². The quantitative estimate of drug-likeness (QED) is 0.674. The van der Waals surface area contributed by atoms with Crippen LogP contribution in [0.3, 0.4) is 0 Å². The molecule has 0 radical (unpaired) electrons. The number of hydrogen-bond donors (Lipinski definition) is 1. The second-order valence-electron chi connectivity index (χ2n) is 4.18. The summed E-state index contributed by atoms with van der Waals surface area (Å²) in [6.45, 7) is 2.06. The van der Waals surface area contributed by atoms with E-state index in [0.29, 0.717) is 5.02 Å². The lowest BCUT2D eigenvalue weighted by atomic mass is 10.2. The fourth-order valence-corrected chi connectivity index (χ4v) is 2.86. The topological polar surface area (TPSA) is 28.7 Å². The van der Waals surface area contributed by atoms with Crippen molar-refractivity contribution in [3.63, 3.8) is 0 Å². The number of rotatable bonds is 1. The van der Waals surface area contributed by atoms with E-state index in [4.69, 9.17) is 11.6 Å². The van der Waals surface area contributed by atoms with Gasteiger partial charge in [-0.2, -0.15) is 0 Å². The van der Waals surface area contributed by atoms with Gasteiger partial charge in [0.05, 0.1) is 11.0 Å². The molecule has 2 aromatic carbocycles. The maximum absolute atomic E-state index is 5.95. The van der Waals surface area contributed by atoms with Crippen molar-refractivity contribution in [2.24, 2.45) is 0 Å². The van der Waals surface area contributed by atoms with Crippen molar-refractivity contribution in [1.29, 1.82) is 0 Å². The number of hydrogen-bond acceptors (Lipinski definition) is 1. The summed E-state index contributed by atoms with van der Waals surface area (Å²) >= 11 is 9.46. The van der Waals surface area contributed by atoms with Crippen LogP contribution in [0.25, 0.3) is 22.4 Å². The third-order valence-electron chi connectivity index (χ3n) is 2.90. The second-order valence-corrected chi connectivity index (χ2v) is 5.47. The minimum atomic E-state index is 0.706. The molecule has 0 fully saturated rings. The zero-order valence-electron chi connectivity index (χ0n) is 9.67. The molecular weight excluding hydrogens is 312 g/mol. The first-order chi connectivity index (χ1) is 8.65. The van der Waals surface area contributed by atoms with Gasteiger partial charge in [0.25, 0.3) is 0 Å². The van der Waals surface area contributed by atoms with Gasteiger partial charge in [-0.15, -0.1) is 0 Å². The van der Waals surface area contributed by atoms with Crippen LogP contribution in [-0.4, -0.2) is 9.97 Å². The number of halogens is 2. The highest BCUT2D eigenvalue weighted by atomic mass is 79.9. The van der Waals surface area contributed by atoms with Crippen molar-refractivity contribution in [2.45, 2.75) is 6.92 Å². The normalized spacial score (nSPS) is 11.1. The minimum absolute atomic E-state index is 0.706. The van der Waals surface area contributed by atoms with Crippen molar-refractivity contribution in [2.75, 3.05) is 0 Å². The van der Waals surface area contributed by atoms with E-state index in [-0.39, 0.29) is 0 Å². The van der Waals surface area contributed by atoms with Crippen LogP contribution in [-0.2, 0) is 0 Å². The number of imidazole rings is 1. The Bertz CT molecular complexity index is 734. The Balaban J connectivity index is 2.23. The summed E-state index contributed by atoms with van der Waals surface area (Å²) in [5.41, 5.74) is 4.23. The van der Waals surface area contributed by atoms with Crippen LogP contribution in [0.15, 0.2) is 40.9 Å². The lowest BCUT2D eigenvalue weighted by Crippen LogP contribution is -1.82. The Morgan fingerprint density at radius 3 is 2.78 bits per heavy atom. The summed E-state index contributed by atoms with van der Waals surface area (Å²) in [6, 6.07) is 11.8. The molecule has 1 N–H and O–H groups in total. The molecule has 0 unspecified atom stereocenters. The van der Waals surface area contributed by atoms with Crippen molar-refractivity contribution in [3.8, 4) is 11.4 Å². The molecule has 1 aromatic heterocycles. The van der Waals surface area contributed by atoms with Crippen LogP contribution in [0, 0.1) is 6.92 Å². The molecule has 0 saturated carbocycles. The minimum Gasteiger partial charge on any atom is -0.338 e. The largest absolute Gasteiger partial charge is 0.338 e. The van der Waals surface area contributed by atoms with E-state index in [1.165, 1.54) is 5.56 Å². The lowest BCUT2D eigenvalue weighted by molar-refractivity contribution is 1.32. The van der Waals surface area contributed by atoms with Crippen molar-refractivity contribution < 1.29 is 0 Å². The summed E-state index contributed by atoms with van der Waals surface area (Å²) < 4.78 is 0.937. The molecule has 90 valence electrons. The highest BCUT2D eigenvalue weighted by Gasteiger charge is 2.09. The van der Waals surface area contributed by atoms with Gasteiger partial charge in [-0.1, -0.05) is 23.7 Å². The average Bonchev–Trinajstić information content (AvgIpc) is 2.74. The van der Waals surface area contributed by atoms with Crippen LogP contribution >= 0.6 is 27.5 Å². The molecule has 0 spiro atoms. The molecule has 0 amide bonds. The van der Waals surface area contributed by atoms with E-state index in [0.717, 1.165) is 26.9 Å². The lowest BCUT2D eigenvalue weighted by Gasteiger charge is -2.00. The van der Waals surface area contributed by atoms with Crippen LogP contribution in [0.5, 0.6) is 0 Å². The molecule has 0 atom stereocenters. The number of aromatic nitrogens is 2. The predicted octanol–water partition coefficient (Wildman–Crippen LogP) is 4.95. The fourth-order valence-electron chi connectivity index (χ4n) is 1.98. The van der Waals surface area contributed by atoms with Gasteiger partial charge in [0.2, 0.25) is 0 Å². The molecule has 4 heteroatoms. The molecule has 18 heavy (non-hydrogen) atoms. The number of aromatic amines is 1. The Hall–Kier alpha value is -1.32. The average molecular weight is 322 g/mol. The first kappa shape index (κ1) is 11.8. The Morgan fingerprint density at radius 2 is 2.06 bits per heavy atom. The summed E-state index contributed by atoms with van der Waals surface area (Å²) in [5.74, 6) is 0.850. The van der Waals surface area contributed by atoms with Gasteiger partial charge in [0.15, 0.2) is 0 Å². The Morgan fingerprint density at radius 1 is 1.22 bits per heavy atom. The van der Waals surface area contributed by atoms with Gasteiger partial charge < -0.3 is 4.98 Å². The summed E-state index contributed by atoms with van der Waals surface area (Å²) in [5, 5.41) is 0.706. The van der Waals surface area contributed by atoms with E-state index in [2.05, 4.69) is 38.9 Å². The van der Waals surface area contributed by atoms with E-state index in [9.17, 15) is 0 Å². The smallest absolute Gasteiger partial charge is 0.139 e. The van der Waals surface area contributed by atoms with Gasteiger partial charge >= 0.3 is 0 Å². The standard InChI is InChI=1S/C14H10BrClN2/c1-8-3-2-4-12-13(8)18-14(17-12)10-6-5-9(16)7-11(10)15/h2-7H,1H3,(H,17,18). The summed E-state index contributed by atoms with van der Waals surface area (Å²) in [7, 11) is 0. The second kappa shape index (κ2) is 4.41. The van der Waals surface area contributed by atoms with E-state index in [1.54, 1.807) is 0 Å². The molecule has 0 saturated heterocycles. The van der Waals surface area contributed by atoms with E-state index < -0.39 is 0 Å². The van der Waals surface area contributed by atoms with Gasteiger partial charge in [0, 0.05) is 15.1 Å². The molecular formula is C14H10BrClN2. The summed E-state index contributed by atoms with van der Waals surface area (Å²) in [6.07, 6.45) is 0. The molecule has 0 aliphatic carbocycles. The molecule has 3 rings (SSSR count). The SMILES string of the molecule is Cc1cccc2[nH]c(-c3ccc(Cl)cc3Br)nc12. The number of aryl methyl sites for hydroxylation is 1. The zero-order valence-corrected chi connectivity index (χ0v) is 12.0. The number of benzene rings is 2. The number of nitrogens with one attached hydrogen (secondary N) is 1. The number of para-hydroxylation sites is 1. The maximum atomic E-state index is 5.95. The molecule has 2 nitrogen and oxygen atoms in total. The van der Waals surface area contributed by atoms with Crippen LogP contribution in [0.2, 0.25) is 5.02 Å². The predicted molar refractivity (Wildman–Crippen MR) is 79.0 cm³/mol. The molecule has 1 heterocycles. The molecule has 0 aliphatic rings. The number of fused-ring (bicyclic) bond motifs is 1. The van der Waals surface area contributed by atoms with Gasteiger partial charge in [-0.3, -0.25) is 0 Å². The zero-order chi connectivity index (χ0) is 12.7. The van der Waals surface area contributed by atoms with E-state index in [1.807, 2.05) is 30.3 Å². The summed E-state index contributed by atoms with van der Waals surface area (Å²) in [4.78, 5) is 7.97. The first-order valence-electron chi connectivity index (χ1n) is 5.56. The monoisotopic (exact) mass is 320 g/mol. The van der Waals surface area contributed by atoms with Gasteiger partial charge in [0.1, 0.15) is 5.82 Å². The Labute approximate surface area is 118 Å². The van der Waals surface area contributed by atoms with Gasteiger partial charge in [-0.25, -0.2) is 4.98 Å². The highest BCUT2D eigenvalue weighted by Crippen LogP contribution is 2.30. The third-order valence-corrected chi connectivity index (χ3v) is 3.79. The van der Waals surface area contributed by atoms with E-state index >= 15 is 0 Å². The molecule has 3 aromatic rings. The van der Waals surface area contributed by atoms with Gasteiger partial charge in [-0.05, 0) is 52.7 Å². The van der Waals surface area contributed by atoms with Crippen molar-refractivity contribution >= 4 is 38.6 Å². The first-order valence-corrected chi connectivity index (χ1v) is 6.73. The maximum Gasteiger partial charge on any atom is 0.139 e. The molecule has 0 bridgehead atoms. The Kier molecular flexibility index (Phi) is 2.88. The number of H-pyrrole nitrogens is 1. The molecule has 0 aliphatic heterocycles.